The number of aromatic nitrogens is 1. The molecule has 124 valence electrons. The SMILES string of the molecule is CCN(CC)CCOc1ccccc1-c1nc(C)c(C(=O)O)s1. The number of hydrogen-bond acceptors (Lipinski definition) is 5. The third kappa shape index (κ3) is 4.30. The van der Waals surface area contributed by atoms with E-state index in [0.29, 0.717) is 17.3 Å². The highest BCUT2D eigenvalue weighted by molar-refractivity contribution is 7.17. The van der Waals surface area contributed by atoms with Crippen molar-refractivity contribution < 1.29 is 14.6 Å². The minimum absolute atomic E-state index is 0.276. The first-order chi connectivity index (χ1) is 11.1. The number of carbonyl (C=O) groups is 1. The van der Waals surface area contributed by atoms with Gasteiger partial charge in [0.05, 0.1) is 11.3 Å². The van der Waals surface area contributed by atoms with E-state index in [1.807, 2.05) is 24.3 Å². The molecule has 1 aromatic heterocycles. The van der Waals surface area contributed by atoms with Crippen molar-refractivity contribution in [1.29, 1.82) is 0 Å². The third-order valence-electron chi connectivity index (χ3n) is 3.67. The first-order valence-electron chi connectivity index (χ1n) is 7.72. The Bertz CT molecular complexity index is 666. The van der Waals surface area contributed by atoms with Gasteiger partial charge in [0, 0.05) is 6.54 Å². The molecule has 0 unspecified atom stereocenters. The number of aryl methyl sites for hydroxylation is 1. The zero-order valence-electron chi connectivity index (χ0n) is 13.7. The van der Waals surface area contributed by atoms with E-state index < -0.39 is 5.97 Å². The Kier molecular flexibility index (Phi) is 6.12. The Morgan fingerprint density at radius 1 is 1.30 bits per heavy atom. The van der Waals surface area contributed by atoms with Crippen LogP contribution in [-0.2, 0) is 0 Å². The predicted molar refractivity (Wildman–Crippen MR) is 92.5 cm³/mol. The van der Waals surface area contributed by atoms with Gasteiger partial charge in [0.1, 0.15) is 22.2 Å². The van der Waals surface area contributed by atoms with Crippen LogP contribution in [0, 0.1) is 6.92 Å². The van der Waals surface area contributed by atoms with Crippen molar-refractivity contribution in [3.8, 4) is 16.3 Å². The normalized spacial score (nSPS) is 11.0. The van der Waals surface area contributed by atoms with Crippen molar-refractivity contribution in [2.75, 3.05) is 26.2 Å². The number of carboxylic acids is 1. The van der Waals surface area contributed by atoms with Gasteiger partial charge in [-0.25, -0.2) is 9.78 Å². The molecule has 5 nitrogen and oxygen atoms in total. The molecule has 0 amide bonds. The van der Waals surface area contributed by atoms with Gasteiger partial charge in [-0.05, 0) is 32.1 Å². The van der Waals surface area contributed by atoms with E-state index in [-0.39, 0.29) is 4.88 Å². The van der Waals surface area contributed by atoms with Crippen molar-refractivity contribution in [1.82, 2.24) is 9.88 Å². The van der Waals surface area contributed by atoms with Crippen LogP contribution in [-0.4, -0.2) is 47.2 Å². The molecule has 0 aliphatic heterocycles. The first-order valence-corrected chi connectivity index (χ1v) is 8.53. The maximum atomic E-state index is 11.2. The van der Waals surface area contributed by atoms with E-state index in [1.165, 1.54) is 11.3 Å². The topological polar surface area (TPSA) is 62.7 Å². The van der Waals surface area contributed by atoms with Crippen LogP contribution in [0.2, 0.25) is 0 Å². The molecule has 23 heavy (non-hydrogen) atoms. The molecular formula is C17H22N2O3S. The molecule has 0 bridgehead atoms. The lowest BCUT2D eigenvalue weighted by Crippen LogP contribution is -2.27. The zero-order chi connectivity index (χ0) is 16.8. The number of thiazole rings is 1. The Morgan fingerprint density at radius 3 is 2.61 bits per heavy atom. The molecule has 1 aromatic carbocycles. The van der Waals surface area contributed by atoms with Gasteiger partial charge in [-0.3, -0.25) is 0 Å². The van der Waals surface area contributed by atoms with E-state index in [9.17, 15) is 9.90 Å². The summed E-state index contributed by atoms with van der Waals surface area (Å²) in [5.41, 5.74) is 1.38. The summed E-state index contributed by atoms with van der Waals surface area (Å²) >= 11 is 1.18. The Labute approximate surface area is 140 Å². The molecular weight excluding hydrogens is 312 g/mol. The molecule has 1 N–H and O–H groups in total. The maximum Gasteiger partial charge on any atom is 0.347 e. The lowest BCUT2D eigenvalue weighted by molar-refractivity contribution is 0.0701. The van der Waals surface area contributed by atoms with Crippen molar-refractivity contribution in [2.45, 2.75) is 20.8 Å². The Balaban J connectivity index is 2.17. The molecule has 0 radical (unpaired) electrons. The van der Waals surface area contributed by atoms with Gasteiger partial charge in [0.15, 0.2) is 0 Å². The zero-order valence-corrected chi connectivity index (χ0v) is 14.5. The van der Waals surface area contributed by atoms with Crippen LogP contribution in [0.15, 0.2) is 24.3 Å². The largest absolute Gasteiger partial charge is 0.492 e. The number of para-hydroxylation sites is 1. The van der Waals surface area contributed by atoms with E-state index in [4.69, 9.17) is 4.74 Å². The van der Waals surface area contributed by atoms with Gasteiger partial charge < -0.3 is 14.7 Å². The van der Waals surface area contributed by atoms with Gasteiger partial charge in [0.2, 0.25) is 0 Å². The van der Waals surface area contributed by atoms with Crippen molar-refractivity contribution in [2.24, 2.45) is 0 Å². The standard InChI is InChI=1S/C17H22N2O3S/c1-4-19(5-2)10-11-22-14-9-7-6-8-13(14)16-18-12(3)15(23-16)17(20)21/h6-9H,4-5,10-11H2,1-3H3,(H,20,21). The molecule has 2 aromatic rings. The van der Waals surface area contributed by atoms with Crippen molar-refractivity contribution in [3.05, 3.63) is 34.8 Å². The second kappa shape index (κ2) is 8.08. The van der Waals surface area contributed by atoms with Crippen LogP contribution >= 0.6 is 11.3 Å². The van der Waals surface area contributed by atoms with Gasteiger partial charge >= 0.3 is 5.97 Å². The van der Waals surface area contributed by atoms with Gasteiger partial charge in [-0.2, -0.15) is 0 Å². The summed E-state index contributed by atoms with van der Waals surface area (Å²) in [7, 11) is 0. The molecule has 0 atom stereocenters. The molecule has 0 fully saturated rings. The highest BCUT2D eigenvalue weighted by Gasteiger charge is 2.17. The summed E-state index contributed by atoms with van der Waals surface area (Å²) in [5, 5.41) is 9.86. The highest BCUT2D eigenvalue weighted by atomic mass is 32.1. The molecule has 0 saturated heterocycles. The van der Waals surface area contributed by atoms with Crippen LogP contribution in [0.5, 0.6) is 5.75 Å². The van der Waals surface area contributed by atoms with Crippen LogP contribution in [0.1, 0.15) is 29.2 Å². The summed E-state index contributed by atoms with van der Waals surface area (Å²) in [5.74, 6) is -0.198. The number of hydrogen-bond donors (Lipinski definition) is 1. The van der Waals surface area contributed by atoms with E-state index in [2.05, 4.69) is 23.7 Å². The lowest BCUT2D eigenvalue weighted by Gasteiger charge is -2.18. The van der Waals surface area contributed by atoms with Crippen LogP contribution in [0.3, 0.4) is 0 Å². The van der Waals surface area contributed by atoms with Crippen LogP contribution in [0.4, 0.5) is 0 Å². The summed E-state index contributed by atoms with van der Waals surface area (Å²) < 4.78 is 5.91. The van der Waals surface area contributed by atoms with Crippen LogP contribution in [0.25, 0.3) is 10.6 Å². The average Bonchev–Trinajstić information content (AvgIpc) is 2.94. The highest BCUT2D eigenvalue weighted by Crippen LogP contribution is 2.34. The van der Waals surface area contributed by atoms with Crippen molar-refractivity contribution >= 4 is 17.3 Å². The number of ether oxygens (including phenoxy) is 1. The molecule has 6 heteroatoms. The number of rotatable bonds is 8. The molecule has 0 aliphatic rings. The first kappa shape index (κ1) is 17.4. The summed E-state index contributed by atoms with van der Waals surface area (Å²) in [6, 6.07) is 7.63. The minimum Gasteiger partial charge on any atom is -0.492 e. The fourth-order valence-corrected chi connectivity index (χ4v) is 3.24. The summed E-state index contributed by atoms with van der Waals surface area (Å²) in [6.45, 7) is 9.41. The summed E-state index contributed by atoms with van der Waals surface area (Å²) in [4.78, 5) is 18.1. The van der Waals surface area contributed by atoms with Gasteiger partial charge in [-0.15, -0.1) is 11.3 Å². The number of likely N-dealkylation sites (N-methyl/N-ethyl adjacent to an activating group) is 1. The van der Waals surface area contributed by atoms with Crippen LogP contribution < -0.4 is 4.74 Å². The minimum atomic E-state index is -0.939. The second-order valence-corrected chi connectivity index (χ2v) is 6.11. The molecule has 2 rings (SSSR count). The quantitative estimate of drug-likeness (QED) is 0.800. The van der Waals surface area contributed by atoms with E-state index in [0.717, 1.165) is 30.9 Å². The Morgan fingerprint density at radius 2 is 2.00 bits per heavy atom. The number of aromatic carboxylic acids is 1. The lowest BCUT2D eigenvalue weighted by atomic mass is 10.2. The molecule has 0 saturated carbocycles. The number of benzene rings is 1. The smallest absolute Gasteiger partial charge is 0.347 e. The Hall–Kier alpha value is -1.92. The molecule has 0 spiro atoms. The molecule has 1 heterocycles. The third-order valence-corrected chi connectivity index (χ3v) is 4.85. The fourth-order valence-electron chi connectivity index (χ4n) is 2.30. The monoisotopic (exact) mass is 334 g/mol. The average molecular weight is 334 g/mol. The maximum absolute atomic E-state index is 11.2. The van der Waals surface area contributed by atoms with Gasteiger partial charge in [0.25, 0.3) is 0 Å². The summed E-state index contributed by atoms with van der Waals surface area (Å²) in [6.07, 6.45) is 0. The fraction of sp³-hybridized carbons (Fsp3) is 0.412. The number of nitrogens with zero attached hydrogens (tertiary/aromatic N) is 2. The number of carboxylic acid groups (broad SMARTS) is 1. The van der Waals surface area contributed by atoms with Gasteiger partial charge in [-0.1, -0.05) is 26.0 Å². The molecule has 0 aliphatic carbocycles. The van der Waals surface area contributed by atoms with E-state index >= 15 is 0 Å². The van der Waals surface area contributed by atoms with E-state index in [1.54, 1.807) is 6.92 Å². The predicted octanol–water partition coefficient (Wildman–Crippen LogP) is 3.54. The second-order valence-electron chi connectivity index (χ2n) is 5.11. The van der Waals surface area contributed by atoms with Crippen molar-refractivity contribution in [3.63, 3.8) is 0 Å².